The van der Waals surface area contributed by atoms with Crippen molar-refractivity contribution in [2.45, 2.75) is 6.18 Å². The van der Waals surface area contributed by atoms with Crippen LogP contribution in [0.5, 0.6) is 0 Å². The maximum Gasteiger partial charge on any atom is 0.417 e. The van der Waals surface area contributed by atoms with Crippen molar-refractivity contribution in [3.8, 4) is 0 Å². The van der Waals surface area contributed by atoms with E-state index in [4.69, 9.17) is 11.6 Å². The minimum atomic E-state index is -4.57. The number of benzene rings is 1. The van der Waals surface area contributed by atoms with Crippen LogP contribution in [-0.4, -0.2) is 42.9 Å². The number of hydrogen-bond donors (Lipinski definition) is 2. The number of alkyl halides is 3. The highest BCUT2D eigenvalue weighted by atomic mass is 35.5. The summed E-state index contributed by atoms with van der Waals surface area (Å²) < 4.78 is 38.2. The molecule has 0 aliphatic carbocycles. The van der Waals surface area contributed by atoms with Crippen LogP contribution in [0.15, 0.2) is 18.2 Å². The van der Waals surface area contributed by atoms with Crippen molar-refractivity contribution in [3.63, 3.8) is 0 Å². The maximum atomic E-state index is 12.7. The van der Waals surface area contributed by atoms with Gasteiger partial charge in [0.1, 0.15) is 0 Å². The van der Waals surface area contributed by atoms with Gasteiger partial charge in [0.25, 0.3) is 0 Å². The molecular formula is C13H13ClF3N3O2. The minimum Gasteiger partial charge on any atom is -0.376 e. The second kappa shape index (κ2) is 6.43. The van der Waals surface area contributed by atoms with Crippen LogP contribution in [0.4, 0.5) is 18.9 Å². The summed E-state index contributed by atoms with van der Waals surface area (Å²) in [6, 6.07) is 3.32. The van der Waals surface area contributed by atoms with E-state index < -0.39 is 16.8 Å². The van der Waals surface area contributed by atoms with Gasteiger partial charge in [0.2, 0.25) is 11.8 Å². The largest absolute Gasteiger partial charge is 0.417 e. The number of rotatable bonds is 3. The molecule has 1 fully saturated rings. The Labute approximate surface area is 129 Å². The SMILES string of the molecule is O=C1CN(C(=O)CNc2ccc(Cl)c(C(F)(F)F)c2)CCN1. The molecule has 1 aliphatic heterocycles. The van der Waals surface area contributed by atoms with Gasteiger partial charge in [-0.3, -0.25) is 9.59 Å². The predicted octanol–water partition coefficient (Wildman–Crippen LogP) is 1.73. The molecule has 22 heavy (non-hydrogen) atoms. The average Bonchev–Trinajstić information content (AvgIpc) is 2.45. The molecule has 0 saturated carbocycles. The lowest BCUT2D eigenvalue weighted by Crippen LogP contribution is -2.51. The molecule has 2 rings (SSSR count). The lowest BCUT2D eigenvalue weighted by Gasteiger charge is -2.26. The lowest BCUT2D eigenvalue weighted by atomic mass is 10.2. The van der Waals surface area contributed by atoms with Crippen molar-refractivity contribution in [1.29, 1.82) is 0 Å². The Balaban J connectivity index is 1.99. The zero-order chi connectivity index (χ0) is 16.3. The number of amides is 2. The van der Waals surface area contributed by atoms with Crippen molar-refractivity contribution in [2.24, 2.45) is 0 Å². The number of nitrogens with one attached hydrogen (secondary N) is 2. The number of hydrogen-bond acceptors (Lipinski definition) is 3. The monoisotopic (exact) mass is 335 g/mol. The smallest absolute Gasteiger partial charge is 0.376 e. The fourth-order valence-electron chi connectivity index (χ4n) is 1.99. The standard InChI is InChI=1S/C13H13ClF3N3O2/c14-10-2-1-8(5-9(10)13(15,16)17)19-6-12(22)20-4-3-18-11(21)7-20/h1-2,5,19H,3-4,6-7H2,(H,18,21). The third-order valence-corrected chi connectivity index (χ3v) is 3.44. The van der Waals surface area contributed by atoms with Crippen molar-refractivity contribution in [3.05, 3.63) is 28.8 Å². The molecule has 1 aliphatic rings. The van der Waals surface area contributed by atoms with Gasteiger partial charge in [-0.2, -0.15) is 13.2 Å². The Kier molecular flexibility index (Phi) is 4.80. The fraction of sp³-hybridized carbons (Fsp3) is 0.385. The molecule has 0 spiro atoms. The van der Waals surface area contributed by atoms with E-state index in [1.54, 1.807) is 0 Å². The molecule has 0 aromatic heterocycles. The van der Waals surface area contributed by atoms with Gasteiger partial charge in [-0.1, -0.05) is 11.6 Å². The van der Waals surface area contributed by atoms with Gasteiger partial charge in [0.15, 0.2) is 0 Å². The van der Waals surface area contributed by atoms with E-state index >= 15 is 0 Å². The first-order chi connectivity index (χ1) is 10.3. The summed E-state index contributed by atoms with van der Waals surface area (Å²) in [6.45, 7) is 0.492. The molecule has 1 saturated heterocycles. The topological polar surface area (TPSA) is 61.4 Å². The Bertz CT molecular complexity index is 592. The Morgan fingerprint density at radius 3 is 2.77 bits per heavy atom. The van der Waals surface area contributed by atoms with E-state index in [2.05, 4.69) is 10.6 Å². The summed E-state index contributed by atoms with van der Waals surface area (Å²) in [5, 5.41) is 4.79. The van der Waals surface area contributed by atoms with Crippen LogP contribution in [0.1, 0.15) is 5.56 Å². The van der Waals surface area contributed by atoms with Gasteiger partial charge in [-0.25, -0.2) is 0 Å². The minimum absolute atomic E-state index is 0.0467. The number of anilines is 1. The molecule has 2 amide bonds. The van der Waals surface area contributed by atoms with Gasteiger partial charge >= 0.3 is 6.18 Å². The summed E-state index contributed by atoms with van der Waals surface area (Å²) >= 11 is 5.51. The summed E-state index contributed by atoms with van der Waals surface area (Å²) in [7, 11) is 0. The van der Waals surface area contributed by atoms with E-state index in [0.717, 1.165) is 12.1 Å². The van der Waals surface area contributed by atoms with Gasteiger partial charge in [-0.05, 0) is 18.2 Å². The number of carbonyl (C=O) groups excluding carboxylic acids is 2. The van der Waals surface area contributed by atoms with E-state index in [9.17, 15) is 22.8 Å². The highest BCUT2D eigenvalue weighted by Gasteiger charge is 2.33. The number of halogens is 4. The number of piperazine rings is 1. The van der Waals surface area contributed by atoms with Gasteiger partial charge in [0.05, 0.1) is 23.7 Å². The molecule has 2 N–H and O–H groups in total. The number of nitrogens with zero attached hydrogens (tertiary/aromatic N) is 1. The maximum absolute atomic E-state index is 12.7. The Morgan fingerprint density at radius 1 is 1.41 bits per heavy atom. The van der Waals surface area contributed by atoms with Gasteiger partial charge < -0.3 is 15.5 Å². The molecule has 1 heterocycles. The molecule has 120 valence electrons. The van der Waals surface area contributed by atoms with E-state index in [0.29, 0.717) is 13.1 Å². The average molecular weight is 336 g/mol. The third kappa shape index (κ3) is 4.03. The molecule has 1 aromatic rings. The first-order valence-electron chi connectivity index (χ1n) is 6.42. The molecule has 9 heteroatoms. The van der Waals surface area contributed by atoms with Gasteiger partial charge in [0, 0.05) is 18.8 Å². The van der Waals surface area contributed by atoms with Crippen molar-refractivity contribution < 1.29 is 22.8 Å². The summed E-state index contributed by atoms with van der Waals surface area (Å²) in [5.74, 6) is -0.621. The molecule has 5 nitrogen and oxygen atoms in total. The Morgan fingerprint density at radius 2 is 2.14 bits per heavy atom. The second-order valence-corrected chi connectivity index (χ2v) is 5.12. The number of carbonyl (C=O) groups is 2. The molecule has 0 radical (unpaired) electrons. The zero-order valence-electron chi connectivity index (χ0n) is 11.3. The summed E-state index contributed by atoms with van der Waals surface area (Å²) in [6.07, 6.45) is -4.57. The quantitative estimate of drug-likeness (QED) is 0.884. The van der Waals surface area contributed by atoms with Crippen LogP contribution in [0.25, 0.3) is 0 Å². The molecule has 0 atom stereocenters. The zero-order valence-corrected chi connectivity index (χ0v) is 12.1. The molecule has 1 aromatic carbocycles. The fourth-order valence-corrected chi connectivity index (χ4v) is 2.22. The second-order valence-electron chi connectivity index (χ2n) is 4.71. The van der Waals surface area contributed by atoms with Gasteiger partial charge in [-0.15, -0.1) is 0 Å². The molecule has 0 bridgehead atoms. The van der Waals surface area contributed by atoms with E-state index in [1.807, 2.05) is 0 Å². The third-order valence-electron chi connectivity index (χ3n) is 3.11. The summed E-state index contributed by atoms with van der Waals surface area (Å²) in [4.78, 5) is 24.4. The van der Waals surface area contributed by atoms with Crippen LogP contribution < -0.4 is 10.6 Å². The predicted molar refractivity (Wildman–Crippen MR) is 74.5 cm³/mol. The Hall–Kier alpha value is -1.96. The van der Waals surface area contributed by atoms with Crippen LogP contribution >= 0.6 is 11.6 Å². The van der Waals surface area contributed by atoms with Crippen LogP contribution in [0.3, 0.4) is 0 Å². The van der Waals surface area contributed by atoms with Crippen molar-refractivity contribution >= 4 is 29.1 Å². The lowest BCUT2D eigenvalue weighted by molar-refractivity contribution is -0.137. The normalized spacial score (nSPS) is 15.5. The van der Waals surface area contributed by atoms with Crippen molar-refractivity contribution in [2.75, 3.05) is 31.5 Å². The molecule has 0 unspecified atom stereocenters. The molecular weight excluding hydrogens is 323 g/mol. The van der Waals surface area contributed by atoms with Crippen LogP contribution in [-0.2, 0) is 15.8 Å². The van der Waals surface area contributed by atoms with Crippen LogP contribution in [0.2, 0.25) is 5.02 Å². The highest BCUT2D eigenvalue weighted by Crippen LogP contribution is 2.36. The first kappa shape index (κ1) is 16.4. The summed E-state index contributed by atoms with van der Waals surface area (Å²) in [5.41, 5.74) is -0.837. The van der Waals surface area contributed by atoms with E-state index in [-0.39, 0.29) is 30.6 Å². The van der Waals surface area contributed by atoms with E-state index in [1.165, 1.54) is 11.0 Å². The first-order valence-corrected chi connectivity index (χ1v) is 6.80. The van der Waals surface area contributed by atoms with Crippen LogP contribution in [0, 0.1) is 0 Å². The highest BCUT2D eigenvalue weighted by molar-refractivity contribution is 6.31. The van der Waals surface area contributed by atoms with Crippen molar-refractivity contribution in [1.82, 2.24) is 10.2 Å².